The average molecular weight is 181 g/mol. The summed E-state index contributed by atoms with van der Waals surface area (Å²) >= 11 is 5.74. The molecule has 0 aromatic carbocycles. The van der Waals surface area contributed by atoms with E-state index in [1.54, 1.807) is 0 Å². The molecule has 0 N–H and O–H groups in total. The van der Waals surface area contributed by atoms with Crippen molar-refractivity contribution >= 4 is 19.7 Å². The van der Waals surface area contributed by atoms with Crippen LogP contribution in [0, 0.1) is 0 Å². The molecular weight excluding hydrogens is 164 g/mol. The zero-order valence-corrected chi connectivity index (χ0v) is 9.03. The largest absolute Gasteiger partial charge is 0.381 e. The van der Waals surface area contributed by atoms with E-state index in [0.717, 1.165) is 6.61 Å². The van der Waals surface area contributed by atoms with Gasteiger partial charge in [-0.15, -0.1) is 11.6 Å². The summed E-state index contributed by atoms with van der Waals surface area (Å²) in [6, 6.07) is 0. The first-order valence-corrected chi connectivity index (χ1v) is 7.81. The lowest BCUT2D eigenvalue weighted by Crippen LogP contribution is -2.41. The summed E-state index contributed by atoms with van der Waals surface area (Å²) in [4.78, 5) is 0. The van der Waals surface area contributed by atoms with Gasteiger partial charge in [-0.1, -0.05) is 19.6 Å². The van der Waals surface area contributed by atoms with Crippen molar-refractivity contribution < 1.29 is 4.74 Å². The van der Waals surface area contributed by atoms with E-state index in [1.807, 2.05) is 6.92 Å². The fourth-order valence-electron chi connectivity index (χ4n) is 0.727. The third-order valence-corrected chi connectivity index (χ3v) is 4.32. The molecule has 0 amide bonds. The van der Waals surface area contributed by atoms with Crippen LogP contribution in [-0.2, 0) is 4.74 Å². The van der Waals surface area contributed by atoms with Gasteiger partial charge in [0.05, 0.1) is 13.8 Å². The maximum absolute atomic E-state index is 5.74. The molecule has 0 saturated heterocycles. The monoisotopic (exact) mass is 180 g/mol. The van der Waals surface area contributed by atoms with Crippen LogP contribution in [0.2, 0.25) is 19.6 Å². The van der Waals surface area contributed by atoms with Crippen LogP contribution < -0.4 is 0 Å². The molecule has 0 aliphatic rings. The summed E-state index contributed by atoms with van der Waals surface area (Å²) in [7, 11) is -1.16. The quantitative estimate of drug-likeness (QED) is 0.477. The molecule has 0 fully saturated rings. The second-order valence-electron chi connectivity index (χ2n) is 3.46. The number of ether oxygens (including phenoxy) is 1. The van der Waals surface area contributed by atoms with E-state index in [0.29, 0.717) is 11.6 Å². The SMILES string of the molecule is CCOC(CCl)[Si](C)(C)C. The van der Waals surface area contributed by atoms with Crippen molar-refractivity contribution in [3.63, 3.8) is 0 Å². The van der Waals surface area contributed by atoms with Crippen LogP contribution in [0.15, 0.2) is 0 Å². The molecule has 0 rings (SSSR count). The van der Waals surface area contributed by atoms with Gasteiger partial charge in [-0.2, -0.15) is 0 Å². The topological polar surface area (TPSA) is 9.23 Å². The van der Waals surface area contributed by atoms with E-state index >= 15 is 0 Å². The molecule has 0 aromatic rings. The van der Waals surface area contributed by atoms with Gasteiger partial charge in [0.1, 0.15) is 0 Å². The van der Waals surface area contributed by atoms with Crippen molar-refractivity contribution in [3.05, 3.63) is 0 Å². The third kappa shape index (κ3) is 3.59. The Morgan fingerprint density at radius 2 is 1.90 bits per heavy atom. The molecule has 3 heteroatoms. The van der Waals surface area contributed by atoms with Crippen molar-refractivity contribution in [2.75, 3.05) is 12.5 Å². The second kappa shape index (κ2) is 4.37. The molecule has 0 aliphatic carbocycles. The van der Waals surface area contributed by atoms with Gasteiger partial charge in [-0.25, -0.2) is 0 Å². The van der Waals surface area contributed by atoms with Gasteiger partial charge in [0.15, 0.2) is 0 Å². The maximum Gasteiger partial charge on any atom is 0.0800 e. The third-order valence-electron chi connectivity index (χ3n) is 1.47. The van der Waals surface area contributed by atoms with Crippen molar-refractivity contribution in [2.45, 2.75) is 32.3 Å². The van der Waals surface area contributed by atoms with Gasteiger partial charge in [-0.05, 0) is 6.92 Å². The van der Waals surface area contributed by atoms with Crippen LogP contribution in [0.25, 0.3) is 0 Å². The van der Waals surface area contributed by atoms with Crippen LogP contribution in [-0.4, -0.2) is 26.3 Å². The highest BCUT2D eigenvalue weighted by Crippen LogP contribution is 2.12. The Morgan fingerprint density at radius 1 is 1.40 bits per heavy atom. The fourth-order valence-corrected chi connectivity index (χ4v) is 3.33. The highest BCUT2D eigenvalue weighted by atomic mass is 35.5. The van der Waals surface area contributed by atoms with Crippen molar-refractivity contribution in [2.24, 2.45) is 0 Å². The summed E-state index contributed by atoms with van der Waals surface area (Å²) in [5, 5.41) is 0. The van der Waals surface area contributed by atoms with Gasteiger partial charge >= 0.3 is 0 Å². The molecule has 10 heavy (non-hydrogen) atoms. The first-order chi connectivity index (χ1) is 4.52. The van der Waals surface area contributed by atoms with Gasteiger partial charge in [0, 0.05) is 12.5 Å². The number of hydrogen-bond donors (Lipinski definition) is 0. The zero-order chi connectivity index (χ0) is 8.20. The smallest absolute Gasteiger partial charge is 0.0800 e. The molecule has 0 bridgehead atoms. The molecule has 1 atom stereocenters. The molecule has 0 radical (unpaired) electrons. The van der Waals surface area contributed by atoms with E-state index in [2.05, 4.69) is 19.6 Å². The molecule has 1 nitrogen and oxygen atoms in total. The van der Waals surface area contributed by atoms with E-state index in [1.165, 1.54) is 0 Å². The van der Waals surface area contributed by atoms with Crippen LogP contribution in [0.4, 0.5) is 0 Å². The lowest BCUT2D eigenvalue weighted by atomic mass is 10.8. The van der Waals surface area contributed by atoms with E-state index in [-0.39, 0.29) is 0 Å². The highest BCUT2D eigenvalue weighted by molar-refractivity contribution is 6.77. The molecule has 1 unspecified atom stereocenters. The van der Waals surface area contributed by atoms with Crippen molar-refractivity contribution in [3.8, 4) is 0 Å². The summed E-state index contributed by atoms with van der Waals surface area (Å²) in [6.07, 6.45) is 0. The maximum atomic E-state index is 5.74. The second-order valence-corrected chi connectivity index (χ2v) is 9.15. The first-order valence-electron chi connectivity index (χ1n) is 3.70. The molecule has 62 valence electrons. The number of halogens is 1. The molecule has 0 aliphatic heterocycles. The Labute approximate surface area is 69.7 Å². The van der Waals surface area contributed by atoms with E-state index in [4.69, 9.17) is 16.3 Å². The molecule has 0 aromatic heterocycles. The van der Waals surface area contributed by atoms with E-state index < -0.39 is 8.07 Å². The molecular formula is C7H17ClOSi. The van der Waals surface area contributed by atoms with Gasteiger partial charge < -0.3 is 4.74 Å². The minimum absolute atomic E-state index is 0.319. The van der Waals surface area contributed by atoms with E-state index in [9.17, 15) is 0 Å². The Morgan fingerprint density at radius 3 is 2.00 bits per heavy atom. The summed E-state index contributed by atoms with van der Waals surface area (Å²) < 4.78 is 5.49. The predicted molar refractivity (Wildman–Crippen MR) is 49.5 cm³/mol. The van der Waals surface area contributed by atoms with Crippen LogP contribution in [0.3, 0.4) is 0 Å². The van der Waals surface area contributed by atoms with Gasteiger partial charge in [-0.3, -0.25) is 0 Å². The van der Waals surface area contributed by atoms with Gasteiger partial charge in [0.25, 0.3) is 0 Å². The highest BCUT2D eigenvalue weighted by Gasteiger charge is 2.25. The minimum Gasteiger partial charge on any atom is -0.381 e. The summed E-state index contributed by atoms with van der Waals surface area (Å²) in [6.45, 7) is 9.61. The standard InChI is InChI=1S/C7H17ClOSi/c1-5-9-7(6-8)10(2,3)4/h7H,5-6H2,1-4H3. The Bertz CT molecular complexity index is 90.1. The van der Waals surface area contributed by atoms with Gasteiger partial charge in [0.2, 0.25) is 0 Å². The van der Waals surface area contributed by atoms with Crippen LogP contribution >= 0.6 is 11.6 Å². The lowest BCUT2D eigenvalue weighted by molar-refractivity contribution is 0.126. The number of hydrogen-bond acceptors (Lipinski definition) is 1. The van der Waals surface area contributed by atoms with Crippen LogP contribution in [0.5, 0.6) is 0 Å². The molecule has 0 heterocycles. The number of rotatable bonds is 4. The Balaban J connectivity index is 3.81. The average Bonchev–Trinajstić information content (AvgIpc) is 1.80. The van der Waals surface area contributed by atoms with Crippen LogP contribution in [0.1, 0.15) is 6.92 Å². The minimum atomic E-state index is -1.16. The van der Waals surface area contributed by atoms with Crippen molar-refractivity contribution in [1.29, 1.82) is 0 Å². The Kier molecular flexibility index (Phi) is 4.57. The fraction of sp³-hybridized carbons (Fsp3) is 1.00. The summed E-state index contributed by atoms with van der Waals surface area (Å²) in [5.74, 6) is 0.642. The summed E-state index contributed by atoms with van der Waals surface area (Å²) in [5.41, 5.74) is 0.319. The molecule has 0 saturated carbocycles. The first kappa shape index (κ1) is 10.5. The van der Waals surface area contributed by atoms with Crippen molar-refractivity contribution in [1.82, 2.24) is 0 Å². The normalized spacial score (nSPS) is 15.3. The molecule has 0 spiro atoms. The Hall–Kier alpha value is 0.467. The lowest BCUT2D eigenvalue weighted by Gasteiger charge is -2.26. The predicted octanol–water partition coefficient (Wildman–Crippen LogP) is 2.51. The zero-order valence-electron chi connectivity index (χ0n) is 7.28. The number of alkyl halides is 1.